The standard InChI is InChI=1S/C9H17NS/c1-7(2)9-5-11-6-10(9)8(3)4/h5,7-8H,6H2,1-4H3. The Hall–Kier alpha value is -0.110. The predicted octanol–water partition coefficient (Wildman–Crippen LogP) is 2.90. The second-order valence-electron chi connectivity index (χ2n) is 3.56. The molecule has 1 heterocycles. The topological polar surface area (TPSA) is 3.24 Å². The van der Waals surface area contributed by atoms with E-state index >= 15 is 0 Å². The zero-order valence-corrected chi connectivity index (χ0v) is 8.61. The van der Waals surface area contributed by atoms with E-state index in [-0.39, 0.29) is 0 Å². The van der Waals surface area contributed by atoms with Gasteiger partial charge in [-0.25, -0.2) is 0 Å². The summed E-state index contributed by atoms with van der Waals surface area (Å²) in [5.41, 5.74) is 1.50. The Morgan fingerprint density at radius 1 is 1.36 bits per heavy atom. The van der Waals surface area contributed by atoms with Crippen molar-refractivity contribution in [3.05, 3.63) is 11.1 Å². The van der Waals surface area contributed by atoms with E-state index in [1.807, 2.05) is 11.8 Å². The Labute approximate surface area is 73.8 Å². The molecule has 0 aromatic carbocycles. The summed E-state index contributed by atoms with van der Waals surface area (Å²) in [5.74, 6) is 1.82. The van der Waals surface area contributed by atoms with E-state index in [2.05, 4.69) is 38.0 Å². The molecular formula is C9H17NS. The fraction of sp³-hybridized carbons (Fsp3) is 0.778. The van der Waals surface area contributed by atoms with Crippen molar-refractivity contribution >= 4 is 11.8 Å². The summed E-state index contributed by atoms with van der Waals surface area (Å²) in [6.45, 7) is 9.02. The van der Waals surface area contributed by atoms with Crippen LogP contribution in [0.3, 0.4) is 0 Å². The lowest BCUT2D eigenvalue weighted by Crippen LogP contribution is -2.28. The van der Waals surface area contributed by atoms with E-state index in [9.17, 15) is 0 Å². The van der Waals surface area contributed by atoms with Crippen molar-refractivity contribution in [1.82, 2.24) is 4.90 Å². The normalized spacial score (nSPS) is 18.4. The maximum absolute atomic E-state index is 2.47. The van der Waals surface area contributed by atoms with Crippen LogP contribution in [0.25, 0.3) is 0 Å². The molecule has 0 unspecified atom stereocenters. The summed E-state index contributed by atoms with van der Waals surface area (Å²) >= 11 is 1.91. The Morgan fingerprint density at radius 2 is 2.00 bits per heavy atom. The van der Waals surface area contributed by atoms with Gasteiger partial charge >= 0.3 is 0 Å². The molecule has 1 aliphatic rings. The van der Waals surface area contributed by atoms with Crippen LogP contribution in [-0.2, 0) is 0 Å². The van der Waals surface area contributed by atoms with Gasteiger partial charge in [-0.3, -0.25) is 0 Å². The highest BCUT2D eigenvalue weighted by Crippen LogP contribution is 2.29. The van der Waals surface area contributed by atoms with Gasteiger partial charge in [0.25, 0.3) is 0 Å². The Morgan fingerprint density at radius 3 is 2.36 bits per heavy atom. The van der Waals surface area contributed by atoms with Crippen molar-refractivity contribution in [3.63, 3.8) is 0 Å². The van der Waals surface area contributed by atoms with Crippen molar-refractivity contribution in [2.45, 2.75) is 33.7 Å². The summed E-state index contributed by atoms with van der Waals surface area (Å²) in [5, 5.41) is 2.30. The summed E-state index contributed by atoms with van der Waals surface area (Å²) in [6.07, 6.45) is 0. The maximum Gasteiger partial charge on any atom is 0.0680 e. The average molecular weight is 171 g/mol. The molecule has 0 fully saturated rings. The molecule has 0 amide bonds. The third-order valence-electron chi connectivity index (χ3n) is 1.96. The molecule has 0 spiro atoms. The molecule has 1 rings (SSSR count). The number of rotatable bonds is 2. The van der Waals surface area contributed by atoms with E-state index in [4.69, 9.17) is 0 Å². The predicted molar refractivity (Wildman–Crippen MR) is 52.4 cm³/mol. The molecule has 0 aliphatic carbocycles. The van der Waals surface area contributed by atoms with Crippen LogP contribution in [0.5, 0.6) is 0 Å². The molecule has 0 aromatic heterocycles. The molecule has 0 bridgehead atoms. The molecule has 1 aliphatic heterocycles. The van der Waals surface area contributed by atoms with E-state index < -0.39 is 0 Å². The van der Waals surface area contributed by atoms with Crippen molar-refractivity contribution in [2.75, 3.05) is 5.88 Å². The monoisotopic (exact) mass is 171 g/mol. The van der Waals surface area contributed by atoms with Crippen molar-refractivity contribution in [1.29, 1.82) is 0 Å². The number of hydrogen-bond donors (Lipinski definition) is 0. The zero-order chi connectivity index (χ0) is 8.43. The van der Waals surface area contributed by atoms with Gasteiger partial charge in [0, 0.05) is 11.7 Å². The summed E-state index contributed by atoms with van der Waals surface area (Å²) in [4.78, 5) is 2.47. The molecule has 64 valence electrons. The molecule has 0 atom stereocenters. The van der Waals surface area contributed by atoms with Crippen molar-refractivity contribution < 1.29 is 0 Å². The first-order valence-corrected chi connectivity index (χ1v) is 5.26. The van der Waals surface area contributed by atoms with Gasteiger partial charge in [-0.05, 0) is 25.2 Å². The maximum atomic E-state index is 2.47. The van der Waals surface area contributed by atoms with Gasteiger partial charge in [-0.2, -0.15) is 0 Å². The van der Waals surface area contributed by atoms with Crippen LogP contribution in [0.1, 0.15) is 27.7 Å². The Balaban J connectivity index is 2.63. The van der Waals surface area contributed by atoms with Crippen molar-refractivity contribution in [3.8, 4) is 0 Å². The molecule has 0 aromatic rings. The molecule has 0 saturated carbocycles. The van der Waals surface area contributed by atoms with Crippen LogP contribution in [0, 0.1) is 5.92 Å². The lowest BCUT2D eigenvalue weighted by molar-refractivity contribution is 0.307. The van der Waals surface area contributed by atoms with E-state index in [1.54, 1.807) is 0 Å². The quantitative estimate of drug-likeness (QED) is 0.628. The number of allylic oxidation sites excluding steroid dienone is 1. The molecule has 2 heteroatoms. The molecule has 0 N–H and O–H groups in total. The first kappa shape index (κ1) is 8.98. The summed E-state index contributed by atoms with van der Waals surface area (Å²) in [6, 6.07) is 0.652. The molecule has 11 heavy (non-hydrogen) atoms. The minimum absolute atomic E-state index is 0.652. The largest absolute Gasteiger partial charge is 0.362 e. The average Bonchev–Trinajstić information content (AvgIpc) is 2.32. The van der Waals surface area contributed by atoms with Gasteiger partial charge in [0.2, 0.25) is 0 Å². The fourth-order valence-electron chi connectivity index (χ4n) is 1.26. The first-order valence-electron chi connectivity index (χ1n) is 4.21. The highest BCUT2D eigenvalue weighted by Gasteiger charge is 2.19. The second-order valence-corrected chi connectivity index (χ2v) is 4.38. The fourth-order valence-corrected chi connectivity index (χ4v) is 2.52. The smallest absolute Gasteiger partial charge is 0.0680 e. The Kier molecular flexibility index (Phi) is 2.88. The lowest BCUT2D eigenvalue weighted by Gasteiger charge is -2.27. The van der Waals surface area contributed by atoms with Gasteiger partial charge in [0.1, 0.15) is 0 Å². The van der Waals surface area contributed by atoms with Crippen LogP contribution in [-0.4, -0.2) is 16.8 Å². The van der Waals surface area contributed by atoms with Crippen molar-refractivity contribution in [2.24, 2.45) is 5.92 Å². The third-order valence-corrected chi connectivity index (χ3v) is 2.80. The van der Waals surface area contributed by atoms with E-state index in [0.717, 1.165) is 5.88 Å². The minimum atomic E-state index is 0.652. The van der Waals surface area contributed by atoms with Crippen LogP contribution in [0.15, 0.2) is 11.1 Å². The summed E-state index contributed by atoms with van der Waals surface area (Å²) < 4.78 is 0. The van der Waals surface area contributed by atoms with Gasteiger partial charge in [0.05, 0.1) is 5.88 Å². The van der Waals surface area contributed by atoms with E-state index in [1.165, 1.54) is 5.70 Å². The zero-order valence-electron chi connectivity index (χ0n) is 7.79. The third kappa shape index (κ3) is 1.92. The van der Waals surface area contributed by atoms with Gasteiger partial charge < -0.3 is 4.90 Å². The highest BCUT2D eigenvalue weighted by atomic mass is 32.2. The first-order chi connectivity index (χ1) is 5.13. The number of nitrogens with zero attached hydrogens (tertiary/aromatic N) is 1. The minimum Gasteiger partial charge on any atom is -0.362 e. The van der Waals surface area contributed by atoms with E-state index in [0.29, 0.717) is 12.0 Å². The second kappa shape index (κ2) is 3.53. The number of thioether (sulfide) groups is 1. The van der Waals surface area contributed by atoms with Crippen LogP contribution in [0.2, 0.25) is 0 Å². The molecular weight excluding hydrogens is 154 g/mol. The van der Waals surface area contributed by atoms with Gasteiger partial charge in [0.15, 0.2) is 0 Å². The van der Waals surface area contributed by atoms with Crippen LogP contribution >= 0.6 is 11.8 Å². The SMILES string of the molecule is CC(C)C1=CSCN1C(C)C. The van der Waals surface area contributed by atoms with Crippen LogP contribution < -0.4 is 0 Å². The Bertz CT molecular complexity index is 161. The summed E-state index contributed by atoms with van der Waals surface area (Å²) in [7, 11) is 0. The molecule has 0 radical (unpaired) electrons. The van der Waals surface area contributed by atoms with Crippen LogP contribution in [0.4, 0.5) is 0 Å². The lowest BCUT2D eigenvalue weighted by atomic mass is 10.1. The highest BCUT2D eigenvalue weighted by molar-refractivity contribution is 8.02. The van der Waals surface area contributed by atoms with Gasteiger partial charge in [-0.15, -0.1) is 11.8 Å². The molecule has 1 nitrogen and oxygen atoms in total. The number of hydrogen-bond acceptors (Lipinski definition) is 2. The van der Waals surface area contributed by atoms with Gasteiger partial charge in [-0.1, -0.05) is 13.8 Å². The molecule has 0 saturated heterocycles.